The molecule has 0 fully saturated rings. The van der Waals surface area contributed by atoms with Crippen LogP contribution in [0.4, 0.5) is 0 Å². The molecule has 0 aliphatic heterocycles. The number of hydrogen-bond donors (Lipinski definition) is 1. The van der Waals surface area contributed by atoms with Crippen molar-refractivity contribution in [1.29, 1.82) is 0 Å². The molecule has 1 unspecified atom stereocenters. The summed E-state index contributed by atoms with van der Waals surface area (Å²) in [5.74, 6) is 0.926. The molecule has 0 heterocycles. The van der Waals surface area contributed by atoms with Crippen LogP contribution in [0.3, 0.4) is 0 Å². The van der Waals surface area contributed by atoms with Crippen molar-refractivity contribution >= 4 is 0 Å². The molecule has 2 heteroatoms. The number of rotatable bonds is 7. The standard InChI is InChI=1S/C15H23NO/c1-5-10-16-15(12(3)4)13-8-7-9-14(11-13)17-6-2/h7-9,11,15-16H,3,5-6,10H2,1-2,4H3. The van der Waals surface area contributed by atoms with Gasteiger partial charge in [-0.25, -0.2) is 0 Å². The lowest BCUT2D eigenvalue weighted by molar-refractivity contribution is 0.339. The molecule has 0 saturated heterocycles. The van der Waals surface area contributed by atoms with Gasteiger partial charge in [-0.1, -0.05) is 31.2 Å². The summed E-state index contributed by atoms with van der Waals surface area (Å²) in [5, 5.41) is 3.50. The predicted molar refractivity (Wildman–Crippen MR) is 73.5 cm³/mol. The van der Waals surface area contributed by atoms with Gasteiger partial charge in [0.25, 0.3) is 0 Å². The lowest BCUT2D eigenvalue weighted by atomic mass is 10.0. The minimum absolute atomic E-state index is 0.218. The first kappa shape index (κ1) is 13.8. The number of ether oxygens (including phenoxy) is 1. The van der Waals surface area contributed by atoms with Crippen LogP contribution < -0.4 is 10.1 Å². The molecular formula is C15H23NO. The minimum Gasteiger partial charge on any atom is -0.494 e. The highest BCUT2D eigenvalue weighted by Gasteiger charge is 2.11. The van der Waals surface area contributed by atoms with Crippen LogP contribution in [0.5, 0.6) is 5.75 Å². The Morgan fingerprint density at radius 3 is 2.76 bits per heavy atom. The van der Waals surface area contributed by atoms with E-state index in [1.54, 1.807) is 0 Å². The highest BCUT2D eigenvalue weighted by Crippen LogP contribution is 2.24. The van der Waals surface area contributed by atoms with Gasteiger partial charge in [-0.2, -0.15) is 0 Å². The third kappa shape index (κ3) is 4.23. The zero-order chi connectivity index (χ0) is 12.7. The monoisotopic (exact) mass is 233 g/mol. The van der Waals surface area contributed by atoms with Crippen molar-refractivity contribution in [2.45, 2.75) is 33.2 Å². The molecule has 0 amide bonds. The predicted octanol–water partition coefficient (Wildman–Crippen LogP) is 3.70. The molecule has 0 aliphatic rings. The lowest BCUT2D eigenvalue weighted by Crippen LogP contribution is -2.22. The Bertz CT molecular complexity index is 360. The van der Waals surface area contributed by atoms with E-state index in [2.05, 4.69) is 37.9 Å². The first-order valence-electron chi connectivity index (χ1n) is 6.30. The van der Waals surface area contributed by atoms with E-state index < -0.39 is 0 Å². The van der Waals surface area contributed by atoms with Crippen molar-refractivity contribution in [3.8, 4) is 5.75 Å². The first-order chi connectivity index (χ1) is 8.19. The van der Waals surface area contributed by atoms with Crippen LogP contribution in [0.15, 0.2) is 36.4 Å². The van der Waals surface area contributed by atoms with Crippen LogP contribution in [-0.4, -0.2) is 13.2 Å². The Hall–Kier alpha value is -1.28. The van der Waals surface area contributed by atoms with Gasteiger partial charge in [0, 0.05) is 0 Å². The van der Waals surface area contributed by atoms with Gasteiger partial charge in [0.15, 0.2) is 0 Å². The lowest BCUT2D eigenvalue weighted by Gasteiger charge is -2.19. The fourth-order valence-corrected chi connectivity index (χ4v) is 1.82. The van der Waals surface area contributed by atoms with Gasteiger partial charge in [-0.05, 0) is 44.5 Å². The molecule has 0 aromatic heterocycles. The second kappa shape index (κ2) is 7.13. The number of nitrogens with one attached hydrogen (secondary N) is 1. The van der Waals surface area contributed by atoms with Gasteiger partial charge in [0.1, 0.15) is 5.75 Å². The molecular weight excluding hydrogens is 210 g/mol. The van der Waals surface area contributed by atoms with E-state index in [4.69, 9.17) is 4.74 Å². The summed E-state index contributed by atoms with van der Waals surface area (Å²) in [7, 11) is 0. The van der Waals surface area contributed by atoms with Crippen molar-refractivity contribution in [2.75, 3.05) is 13.2 Å². The molecule has 1 rings (SSSR count). The minimum atomic E-state index is 0.218. The Morgan fingerprint density at radius 1 is 1.41 bits per heavy atom. The van der Waals surface area contributed by atoms with Crippen LogP contribution in [0.25, 0.3) is 0 Å². The summed E-state index contributed by atoms with van der Waals surface area (Å²) in [4.78, 5) is 0. The molecule has 1 atom stereocenters. The summed E-state index contributed by atoms with van der Waals surface area (Å²) in [6, 6.07) is 8.44. The van der Waals surface area contributed by atoms with Crippen LogP contribution in [0.2, 0.25) is 0 Å². The topological polar surface area (TPSA) is 21.3 Å². The van der Waals surface area contributed by atoms with Crippen LogP contribution in [0, 0.1) is 0 Å². The number of benzene rings is 1. The molecule has 17 heavy (non-hydrogen) atoms. The maximum atomic E-state index is 5.52. The SMILES string of the molecule is C=C(C)C(NCCC)c1cccc(OCC)c1. The van der Waals surface area contributed by atoms with Gasteiger partial charge in [0.05, 0.1) is 12.6 Å². The van der Waals surface area contributed by atoms with Crippen molar-refractivity contribution in [1.82, 2.24) is 5.32 Å². The third-order valence-corrected chi connectivity index (χ3v) is 2.59. The fourth-order valence-electron chi connectivity index (χ4n) is 1.82. The summed E-state index contributed by atoms with van der Waals surface area (Å²) in [6.45, 7) is 12.0. The van der Waals surface area contributed by atoms with Gasteiger partial charge < -0.3 is 10.1 Å². The average molecular weight is 233 g/mol. The highest BCUT2D eigenvalue weighted by molar-refractivity contribution is 5.34. The van der Waals surface area contributed by atoms with Crippen LogP contribution in [-0.2, 0) is 0 Å². The van der Waals surface area contributed by atoms with E-state index in [9.17, 15) is 0 Å². The summed E-state index contributed by atoms with van der Waals surface area (Å²) in [6.07, 6.45) is 1.12. The second-order valence-electron chi connectivity index (χ2n) is 4.24. The quantitative estimate of drug-likeness (QED) is 0.725. The number of hydrogen-bond acceptors (Lipinski definition) is 2. The zero-order valence-electron chi connectivity index (χ0n) is 11.1. The molecule has 1 aromatic carbocycles. The Balaban J connectivity index is 2.85. The maximum absolute atomic E-state index is 5.52. The molecule has 1 aromatic rings. The normalized spacial score (nSPS) is 12.2. The summed E-state index contributed by atoms with van der Waals surface area (Å²) < 4.78 is 5.52. The molecule has 0 spiro atoms. The molecule has 0 aliphatic carbocycles. The van der Waals surface area contributed by atoms with E-state index in [1.165, 1.54) is 5.56 Å². The van der Waals surface area contributed by atoms with Crippen molar-refractivity contribution in [3.63, 3.8) is 0 Å². The summed E-state index contributed by atoms with van der Waals surface area (Å²) >= 11 is 0. The van der Waals surface area contributed by atoms with Crippen LogP contribution in [0.1, 0.15) is 38.8 Å². The van der Waals surface area contributed by atoms with Gasteiger partial charge in [-0.3, -0.25) is 0 Å². The molecule has 0 saturated carbocycles. The van der Waals surface area contributed by atoms with E-state index >= 15 is 0 Å². The Labute approximate surface area is 105 Å². The third-order valence-electron chi connectivity index (χ3n) is 2.59. The summed E-state index contributed by atoms with van der Waals surface area (Å²) in [5.41, 5.74) is 2.35. The molecule has 1 N–H and O–H groups in total. The maximum Gasteiger partial charge on any atom is 0.119 e. The molecule has 94 valence electrons. The average Bonchev–Trinajstić information content (AvgIpc) is 2.30. The van der Waals surface area contributed by atoms with Crippen molar-refractivity contribution in [2.24, 2.45) is 0 Å². The van der Waals surface area contributed by atoms with Crippen LogP contribution >= 0.6 is 0 Å². The van der Waals surface area contributed by atoms with Crippen molar-refractivity contribution in [3.05, 3.63) is 42.0 Å². The fraction of sp³-hybridized carbons (Fsp3) is 0.467. The second-order valence-corrected chi connectivity index (χ2v) is 4.24. The first-order valence-corrected chi connectivity index (χ1v) is 6.30. The van der Waals surface area contributed by atoms with Gasteiger partial charge in [-0.15, -0.1) is 0 Å². The van der Waals surface area contributed by atoms with E-state index in [-0.39, 0.29) is 6.04 Å². The smallest absolute Gasteiger partial charge is 0.119 e. The van der Waals surface area contributed by atoms with E-state index in [0.717, 1.165) is 24.3 Å². The van der Waals surface area contributed by atoms with Crippen molar-refractivity contribution < 1.29 is 4.74 Å². The zero-order valence-corrected chi connectivity index (χ0v) is 11.1. The van der Waals surface area contributed by atoms with E-state index in [0.29, 0.717) is 6.61 Å². The van der Waals surface area contributed by atoms with E-state index in [1.807, 2.05) is 19.1 Å². The highest BCUT2D eigenvalue weighted by atomic mass is 16.5. The largest absolute Gasteiger partial charge is 0.494 e. The van der Waals surface area contributed by atoms with Gasteiger partial charge in [0.2, 0.25) is 0 Å². The Morgan fingerprint density at radius 2 is 2.18 bits per heavy atom. The molecule has 2 nitrogen and oxygen atoms in total. The molecule has 0 radical (unpaired) electrons. The molecule has 0 bridgehead atoms. The van der Waals surface area contributed by atoms with Gasteiger partial charge >= 0.3 is 0 Å². The Kier molecular flexibility index (Phi) is 5.78.